The van der Waals surface area contributed by atoms with Crippen molar-refractivity contribution in [3.05, 3.63) is 88.3 Å². The Morgan fingerprint density at radius 2 is 1.59 bits per heavy atom. The van der Waals surface area contributed by atoms with Crippen LogP contribution >= 0.6 is 11.6 Å². The average Bonchev–Trinajstić information content (AvgIpc) is 3.23. The number of hydrogen-bond donors (Lipinski definition) is 3. The standard InChI is InChI=1S/C27H27ClN4O4S/c1-15-11-16(2)13-21(12-15)37(35,36)25-22-14-20(28)5-6-23(22)32-24(25)27(34)31-18(4)26(33)30-17(3)19-7-9-29-10-8-19/h5-14,17-18,32H,1-4H3,(H,30,33)(H,31,34)/t17-,18-/m0/s1. The lowest BCUT2D eigenvalue weighted by atomic mass is 10.1. The number of amides is 2. The molecule has 10 heteroatoms. The van der Waals surface area contributed by atoms with Crippen LogP contribution < -0.4 is 10.6 Å². The molecule has 0 saturated carbocycles. The van der Waals surface area contributed by atoms with Crippen LogP contribution in [0.5, 0.6) is 0 Å². The molecule has 2 heterocycles. The fourth-order valence-corrected chi connectivity index (χ4v) is 6.15. The van der Waals surface area contributed by atoms with E-state index in [-0.39, 0.29) is 21.5 Å². The number of halogens is 1. The van der Waals surface area contributed by atoms with Gasteiger partial charge in [0, 0.05) is 28.3 Å². The minimum Gasteiger partial charge on any atom is -0.349 e. The van der Waals surface area contributed by atoms with Crippen LogP contribution in [0.1, 0.15) is 47.1 Å². The van der Waals surface area contributed by atoms with Crippen LogP contribution in [0.2, 0.25) is 5.02 Å². The van der Waals surface area contributed by atoms with Crippen molar-refractivity contribution in [2.24, 2.45) is 0 Å². The minimum absolute atomic E-state index is 0.0666. The molecule has 4 rings (SSSR count). The van der Waals surface area contributed by atoms with Crippen LogP contribution in [0.4, 0.5) is 0 Å². The van der Waals surface area contributed by atoms with Crippen molar-refractivity contribution in [3.63, 3.8) is 0 Å². The molecule has 192 valence electrons. The lowest BCUT2D eigenvalue weighted by Gasteiger charge is -2.19. The van der Waals surface area contributed by atoms with Gasteiger partial charge < -0.3 is 15.6 Å². The number of fused-ring (bicyclic) bond motifs is 1. The number of rotatable bonds is 7. The molecular weight excluding hydrogens is 512 g/mol. The second kappa shape index (κ2) is 10.4. The number of aromatic nitrogens is 2. The van der Waals surface area contributed by atoms with E-state index in [1.54, 1.807) is 62.6 Å². The van der Waals surface area contributed by atoms with Gasteiger partial charge in [-0.05, 0) is 86.8 Å². The fraction of sp³-hybridized carbons (Fsp3) is 0.222. The van der Waals surface area contributed by atoms with Crippen LogP contribution in [0.15, 0.2) is 70.7 Å². The van der Waals surface area contributed by atoms with Crippen molar-refractivity contribution >= 4 is 44.2 Å². The number of hydrogen-bond acceptors (Lipinski definition) is 5. The van der Waals surface area contributed by atoms with E-state index in [9.17, 15) is 18.0 Å². The quantitative estimate of drug-likeness (QED) is 0.316. The van der Waals surface area contributed by atoms with Crippen LogP contribution in [0, 0.1) is 13.8 Å². The Hall–Kier alpha value is -3.69. The van der Waals surface area contributed by atoms with Gasteiger partial charge in [-0.1, -0.05) is 17.7 Å². The monoisotopic (exact) mass is 538 g/mol. The molecule has 0 bridgehead atoms. The zero-order valence-electron chi connectivity index (χ0n) is 20.8. The predicted octanol–water partition coefficient (Wildman–Crippen LogP) is 4.66. The summed E-state index contributed by atoms with van der Waals surface area (Å²) < 4.78 is 27.7. The van der Waals surface area contributed by atoms with E-state index >= 15 is 0 Å². The molecule has 2 amide bonds. The van der Waals surface area contributed by atoms with E-state index in [1.165, 1.54) is 13.0 Å². The average molecular weight is 539 g/mol. The van der Waals surface area contributed by atoms with Crippen molar-refractivity contribution in [2.75, 3.05) is 0 Å². The number of H-pyrrole nitrogens is 1. The molecule has 0 radical (unpaired) electrons. The van der Waals surface area contributed by atoms with Crippen LogP contribution in [0.3, 0.4) is 0 Å². The third-order valence-electron chi connectivity index (χ3n) is 6.02. The highest BCUT2D eigenvalue weighted by Crippen LogP contribution is 2.34. The summed E-state index contributed by atoms with van der Waals surface area (Å²) in [5.41, 5.74) is 2.67. The topological polar surface area (TPSA) is 121 Å². The van der Waals surface area contributed by atoms with Gasteiger partial charge in [0.2, 0.25) is 15.7 Å². The molecule has 0 aliphatic heterocycles. The summed E-state index contributed by atoms with van der Waals surface area (Å²) in [6.45, 7) is 6.96. The minimum atomic E-state index is -4.13. The van der Waals surface area contributed by atoms with Gasteiger partial charge in [0.25, 0.3) is 5.91 Å². The van der Waals surface area contributed by atoms with Gasteiger partial charge in [-0.2, -0.15) is 0 Å². The van der Waals surface area contributed by atoms with Gasteiger partial charge in [-0.25, -0.2) is 8.42 Å². The van der Waals surface area contributed by atoms with Gasteiger partial charge in [-0.15, -0.1) is 0 Å². The lowest BCUT2D eigenvalue weighted by molar-refractivity contribution is -0.123. The molecule has 37 heavy (non-hydrogen) atoms. The first kappa shape index (κ1) is 26.4. The smallest absolute Gasteiger partial charge is 0.269 e. The van der Waals surface area contributed by atoms with E-state index in [4.69, 9.17) is 11.6 Å². The zero-order chi connectivity index (χ0) is 26.9. The molecule has 4 aromatic rings. The van der Waals surface area contributed by atoms with Crippen molar-refractivity contribution in [1.29, 1.82) is 0 Å². The first-order chi connectivity index (χ1) is 17.5. The Balaban J connectivity index is 1.68. The normalized spacial score (nSPS) is 13.2. The second-order valence-electron chi connectivity index (χ2n) is 9.05. The summed E-state index contributed by atoms with van der Waals surface area (Å²) in [6, 6.07) is 12.0. The molecule has 0 aliphatic carbocycles. The van der Waals surface area contributed by atoms with Gasteiger partial charge in [0.1, 0.15) is 16.6 Å². The highest BCUT2D eigenvalue weighted by molar-refractivity contribution is 7.91. The summed E-state index contributed by atoms with van der Waals surface area (Å²) in [5.74, 6) is -1.15. The van der Waals surface area contributed by atoms with Gasteiger partial charge in [0.05, 0.1) is 10.9 Å². The Morgan fingerprint density at radius 1 is 0.946 bits per heavy atom. The molecule has 8 nitrogen and oxygen atoms in total. The summed E-state index contributed by atoms with van der Waals surface area (Å²) in [5, 5.41) is 6.08. The maximum absolute atomic E-state index is 13.8. The van der Waals surface area contributed by atoms with E-state index in [2.05, 4.69) is 20.6 Å². The van der Waals surface area contributed by atoms with Crippen molar-refractivity contribution < 1.29 is 18.0 Å². The molecular formula is C27H27ClN4O4S. The van der Waals surface area contributed by atoms with Crippen LogP contribution in [0.25, 0.3) is 10.9 Å². The third-order valence-corrected chi connectivity index (χ3v) is 8.07. The van der Waals surface area contributed by atoms with Gasteiger partial charge >= 0.3 is 0 Å². The van der Waals surface area contributed by atoms with Gasteiger partial charge in [0.15, 0.2) is 0 Å². The lowest BCUT2D eigenvalue weighted by Crippen LogP contribution is -2.45. The first-order valence-corrected chi connectivity index (χ1v) is 13.5. The van der Waals surface area contributed by atoms with Crippen molar-refractivity contribution in [3.8, 4) is 0 Å². The Bertz CT molecular complexity index is 1580. The molecule has 2 atom stereocenters. The summed E-state index contributed by atoms with van der Waals surface area (Å²) in [4.78, 5) is 32.9. The second-order valence-corrected chi connectivity index (χ2v) is 11.4. The van der Waals surface area contributed by atoms with E-state index in [1.807, 2.05) is 13.0 Å². The Morgan fingerprint density at radius 3 is 2.24 bits per heavy atom. The fourth-order valence-electron chi connectivity index (χ4n) is 4.19. The number of aryl methyl sites for hydroxylation is 2. The first-order valence-electron chi connectivity index (χ1n) is 11.6. The SMILES string of the molecule is Cc1cc(C)cc(S(=O)(=O)c2c(C(=O)N[C@@H](C)C(=O)N[C@@H](C)c3ccncc3)[nH]c3ccc(Cl)cc23)c1. The molecule has 0 saturated heterocycles. The molecule has 0 aliphatic rings. The number of nitrogens with one attached hydrogen (secondary N) is 3. The molecule has 0 fully saturated rings. The van der Waals surface area contributed by atoms with E-state index < -0.39 is 27.7 Å². The summed E-state index contributed by atoms with van der Waals surface area (Å²) in [6.07, 6.45) is 3.26. The Kier molecular flexibility index (Phi) is 7.38. The number of carbonyl (C=O) groups is 2. The number of benzene rings is 2. The predicted molar refractivity (Wildman–Crippen MR) is 142 cm³/mol. The number of pyridine rings is 1. The van der Waals surface area contributed by atoms with E-state index in [0.717, 1.165) is 16.7 Å². The zero-order valence-corrected chi connectivity index (χ0v) is 22.4. The molecule has 0 unspecified atom stereocenters. The molecule has 3 N–H and O–H groups in total. The molecule has 2 aromatic heterocycles. The largest absolute Gasteiger partial charge is 0.349 e. The van der Waals surface area contributed by atoms with Crippen LogP contribution in [-0.4, -0.2) is 36.2 Å². The highest BCUT2D eigenvalue weighted by Gasteiger charge is 2.31. The highest BCUT2D eigenvalue weighted by atomic mass is 35.5. The van der Waals surface area contributed by atoms with Crippen molar-refractivity contribution in [1.82, 2.24) is 20.6 Å². The third kappa shape index (κ3) is 5.52. The maximum Gasteiger partial charge on any atom is 0.269 e. The maximum atomic E-state index is 13.8. The number of carbonyl (C=O) groups excluding carboxylic acids is 2. The molecule has 0 spiro atoms. The summed E-state index contributed by atoms with van der Waals surface area (Å²) in [7, 11) is -4.13. The summed E-state index contributed by atoms with van der Waals surface area (Å²) >= 11 is 6.18. The van der Waals surface area contributed by atoms with E-state index in [0.29, 0.717) is 15.9 Å². The number of nitrogens with zero attached hydrogens (tertiary/aromatic N) is 1. The number of sulfone groups is 1. The Labute approximate surface area is 220 Å². The van der Waals surface area contributed by atoms with Crippen molar-refractivity contribution in [2.45, 2.75) is 49.6 Å². The number of aromatic amines is 1. The van der Waals surface area contributed by atoms with Gasteiger partial charge in [-0.3, -0.25) is 14.6 Å². The molecule has 2 aromatic carbocycles. The van der Waals surface area contributed by atoms with Crippen LogP contribution in [-0.2, 0) is 14.6 Å².